The highest BCUT2D eigenvalue weighted by Gasteiger charge is 2.31. The van der Waals surface area contributed by atoms with E-state index in [0.29, 0.717) is 18.8 Å². The number of ether oxygens (including phenoxy) is 2. The Morgan fingerprint density at radius 1 is 1.40 bits per heavy atom. The van der Waals surface area contributed by atoms with Crippen LogP contribution in [-0.2, 0) is 18.4 Å². The SMILES string of the molecule is CCOCc1cc(C(=O)N2CCCC2c2cnn(C)c2)ccc1OC. The first-order chi connectivity index (χ1) is 12.1. The van der Waals surface area contributed by atoms with E-state index in [4.69, 9.17) is 9.47 Å². The van der Waals surface area contributed by atoms with Crippen molar-refractivity contribution in [2.45, 2.75) is 32.4 Å². The fourth-order valence-corrected chi connectivity index (χ4v) is 3.37. The number of carbonyl (C=O) groups excluding carboxylic acids is 1. The smallest absolute Gasteiger partial charge is 0.254 e. The number of hydrogen-bond acceptors (Lipinski definition) is 4. The zero-order valence-electron chi connectivity index (χ0n) is 15.1. The zero-order valence-corrected chi connectivity index (χ0v) is 15.1. The summed E-state index contributed by atoms with van der Waals surface area (Å²) in [4.78, 5) is 15.0. The summed E-state index contributed by atoms with van der Waals surface area (Å²) in [5.74, 6) is 0.794. The van der Waals surface area contributed by atoms with E-state index < -0.39 is 0 Å². The standard InChI is InChI=1S/C19H25N3O3/c1-4-25-13-15-10-14(7-8-18(15)24-3)19(23)22-9-5-6-17(22)16-11-20-21(2)12-16/h7-8,10-12,17H,4-6,9,13H2,1-3H3. The molecule has 1 saturated heterocycles. The third kappa shape index (κ3) is 3.69. The van der Waals surface area contributed by atoms with Gasteiger partial charge in [0.1, 0.15) is 5.75 Å². The van der Waals surface area contributed by atoms with Crippen LogP contribution in [0.2, 0.25) is 0 Å². The molecule has 3 rings (SSSR count). The van der Waals surface area contributed by atoms with Crippen LogP contribution < -0.4 is 4.74 Å². The molecule has 2 aromatic rings. The molecule has 25 heavy (non-hydrogen) atoms. The molecule has 1 amide bonds. The van der Waals surface area contributed by atoms with Crippen LogP contribution in [0.25, 0.3) is 0 Å². The summed E-state index contributed by atoms with van der Waals surface area (Å²) in [7, 11) is 3.53. The van der Waals surface area contributed by atoms with Gasteiger partial charge in [-0.2, -0.15) is 5.10 Å². The lowest BCUT2D eigenvalue weighted by Crippen LogP contribution is -2.30. The Kier molecular flexibility index (Phi) is 5.38. The van der Waals surface area contributed by atoms with Crippen LogP contribution in [0.4, 0.5) is 0 Å². The molecule has 1 aliphatic rings. The number of nitrogens with zero attached hydrogens (tertiary/aromatic N) is 3. The molecule has 1 aliphatic heterocycles. The van der Waals surface area contributed by atoms with E-state index in [9.17, 15) is 4.79 Å². The molecule has 2 heterocycles. The third-order valence-corrected chi connectivity index (χ3v) is 4.61. The van der Waals surface area contributed by atoms with Gasteiger partial charge in [-0.3, -0.25) is 9.48 Å². The Balaban J connectivity index is 1.84. The third-order valence-electron chi connectivity index (χ3n) is 4.61. The molecule has 0 spiro atoms. The number of aromatic nitrogens is 2. The number of benzene rings is 1. The van der Waals surface area contributed by atoms with Gasteiger partial charge in [-0.05, 0) is 38.0 Å². The lowest BCUT2D eigenvalue weighted by atomic mass is 10.1. The van der Waals surface area contributed by atoms with Crippen LogP contribution in [-0.4, -0.2) is 40.8 Å². The minimum absolute atomic E-state index is 0.0479. The van der Waals surface area contributed by atoms with Crippen molar-refractivity contribution >= 4 is 5.91 Å². The Morgan fingerprint density at radius 2 is 2.24 bits per heavy atom. The van der Waals surface area contributed by atoms with Gasteiger partial charge in [0.05, 0.1) is 26.0 Å². The number of amides is 1. The average molecular weight is 343 g/mol. The van der Waals surface area contributed by atoms with Gasteiger partial charge < -0.3 is 14.4 Å². The van der Waals surface area contributed by atoms with Crippen molar-refractivity contribution in [3.05, 3.63) is 47.3 Å². The number of rotatable bonds is 6. The second-order valence-electron chi connectivity index (χ2n) is 6.27. The molecule has 0 bridgehead atoms. The summed E-state index contributed by atoms with van der Waals surface area (Å²) < 4.78 is 12.7. The molecule has 1 aromatic carbocycles. The van der Waals surface area contributed by atoms with Crippen molar-refractivity contribution in [2.24, 2.45) is 7.05 Å². The van der Waals surface area contributed by atoms with E-state index in [1.165, 1.54) is 0 Å². The number of aryl methyl sites for hydroxylation is 1. The maximum absolute atomic E-state index is 13.1. The van der Waals surface area contributed by atoms with Gasteiger partial charge in [0.15, 0.2) is 0 Å². The van der Waals surface area contributed by atoms with E-state index in [1.54, 1.807) is 11.8 Å². The minimum Gasteiger partial charge on any atom is -0.496 e. The average Bonchev–Trinajstić information content (AvgIpc) is 3.27. The first-order valence-electron chi connectivity index (χ1n) is 8.68. The lowest BCUT2D eigenvalue weighted by Gasteiger charge is -2.24. The number of carbonyl (C=O) groups is 1. The Labute approximate surface area is 148 Å². The van der Waals surface area contributed by atoms with Crippen molar-refractivity contribution in [2.75, 3.05) is 20.3 Å². The summed E-state index contributed by atoms with van der Waals surface area (Å²) in [5.41, 5.74) is 2.66. The summed E-state index contributed by atoms with van der Waals surface area (Å²) >= 11 is 0. The van der Waals surface area contributed by atoms with Crippen molar-refractivity contribution in [1.82, 2.24) is 14.7 Å². The number of hydrogen-bond donors (Lipinski definition) is 0. The number of methoxy groups -OCH3 is 1. The van der Waals surface area contributed by atoms with Crippen LogP contribution in [0.15, 0.2) is 30.6 Å². The van der Waals surface area contributed by atoms with Crippen molar-refractivity contribution in [3.63, 3.8) is 0 Å². The summed E-state index contributed by atoms with van der Waals surface area (Å²) in [6.45, 7) is 3.78. The van der Waals surface area contributed by atoms with E-state index in [1.807, 2.05) is 49.5 Å². The van der Waals surface area contributed by atoms with Gasteiger partial charge in [-0.15, -0.1) is 0 Å². The van der Waals surface area contributed by atoms with E-state index in [2.05, 4.69) is 5.10 Å². The zero-order chi connectivity index (χ0) is 17.8. The summed E-state index contributed by atoms with van der Waals surface area (Å²) in [6.07, 6.45) is 5.82. The lowest BCUT2D eigenvalue weighted by molar-refractivity contribution is 0.0735. The van der Waals surface area contributed by atoms with E-state index in [-0.39, 0.29) is 11.9 Å². The molecular formula is C19H25N3O3. The number of likely N-dealkylation sites (tertiary alicyclic amines) is 1. The maximum atomic E-state index is 13.1. The van der Waals surface area contributed by atoms with Crippen molar-refractivity contribution in [1.29, 1.82) is 0 Å². The quantitative estimate of drug-likeness (QED) is 0.809. The molecule has 1 fully saturated rings. The van der Waals surface area contributed by atoms with Gasteiger partial charge in [-0.1, -0.05) is 0 Å². The molecule has 1 atom stereocenters. The van der Waals surface area contributed by atoms with Gasteiger partial charge in [0.2, 0.25) is 0 Å². The van der Waals surface area contributed by atoms with Crippen LogP contribution >= 0.6 is 0 Å². The molecule has 1 aromatic heterocycles. The first-order valence-corrected chi connectivity index (χ1v) is 8.68. The van der Waals surface area contributed by atoms with E-state index >= 15 is 0 Å². The van der Waals surface area contributed by atoms with Crippen molar-refractivity contribution in [3.8, 4) is 5.75 Å². The Hall–Kier alpha value is -2.34. The van der Waals surface area contributed by atoms with Crippen LogP contribution in [0.5, 0.6) is 5.75 Å². The maximum Gasteiger partial charge on any atom is 0.254 e. The molecule has 6 heteroatoms. The second kappa shape index (κ2) is 7.70. The molecule has 1 unspecified atom stereocenters. The second-order valence-corrected chi connectivity index (χ2v) is 6.27. The summed E-state index contributed by atoms with van der Waals surface area (Å²) in [5, 5.41) is 4.24. The molecule has 0 aliphatic carbocycles. The molecule has 134 valence electrons. The highest BCUT2D eigenvalue weighted by Crippen LogP contribution is 2.33. The minimum atomic E-state index is 0.0479. The molecule has 0 radical (unpaired) electrons. The fourth-order valence-electron chi connectivity index (χ4n) is 3.37. The van der Waals surface area contributed by atoms with Gasteiger partial charge in [-0.25, -0.2) is 0 Å². The van der Waals surface area contributed by atoms with Crippen LogP contribution in [0, 0.1) is 0 Å². The highest BCUT2D eigenvalue weighted by atomic mass is 16.5. The predicted octanol–water partition coefficient (Wildman–Crippen LogP) is 2.94. The van der Waals surface area contributed by atoms with Gasteiger partial charge in [0, 0.05) is 43.1 Å². The largest absolute Gasteiger partial charge is 0.496 e. The first kappa shape index (κ1) is 17.5. The monoisotopic (exact) mass is 343 g/mol. The summed E-state index contributed by atoms with van der Waals surface area (Å²) in [6, 6.07) is 5.65. The predicted molar refractivity (Wildman–Crippen MR) is 94.5 cm³/mol. The van der Waals surface area contributed by atoms with Crippen LogP contribution in [0.1, 0.15) is 47.3 Å². The Bertz CT molecular complexity index is 741. The van der Waals surface area contributed by atoms with E-state index in [0.717, 1.165) is 36.3 Å². The normalized spacial score (nSPS) is 17.1. The topological polar surface area (TPSA) is 56.6 Å². The Morgan fingerprint density at radius 3 is 2.92 bits per heavy atom. The van der Waals surface area contributed by atoms with Crippen LogP contribution in [0.3, 0.4) is 0 Å². The highest BCUT2D eigenvalue weighted by molar-refractivity contribution is 5.95. The molecule has 0 N–H and O–H groups in total. The van der Waals surface area contributed by atoms with Gasteiger partial charge in [0.25, 0.3) is 5.91 Å². The fraction of sp³-hybridized carbons (Fsp3) is 0.474. The van der Waals surface area contributed by atoms with Crippen molar-refractivity contribution < 1.29 is 14.3 Å². The molecular weight excluding hydrogens is 318 g/mol. The molecule has 0 saturated carbocycles. The van der Waals surface area contributed by atoms with Gasteiger partial charge >= 0.3 is 0 Å². The molecule has 6 nitrogen and oxygen atoms in total.